The van der Waals surface area contributed by atoms with Gasteiger partial charge in [-0.2, -0.15) is 0 Å². The molecule has 0 aromatic heterocycles. The first-order valence-corrected chi connectivity index (χ1v) is 10.0. The van der Waals surface area contributed by atoms with Gasteiger partial charge in [0.15, 0.2) is 0 Å². The van der Waals surface area contributed by atoms with Crippen molar-refractivity contribution in [3.63, 3.8) is 0 Å². The molecule has 23 heavy (non-hydrogen) atoms. The van der Waals surface area contributed by atoms with Crippen molar-refractivity contribution in [3.8, 4) is 0 Å². The van der Waals surface area contributed by atoms with Crippen molar-refractivity contribution >= 4 is 21.6 Å². The number of carbonyl (C=O) groups is 1. The number of hydrogen-bond acceptors (Lipinski definition) is 3. The number of nitrogens with zero attached hydrogens (tertiary/aromatic N) is 2. The van der Waals surface area contributed by atoms with Crippen molar-refractivity contribution in [1.82, 2.24) is 4.90 Å². The van der Waals surface area contributed by atoms with E-state index in [0.717, 1.165) is 19.5 Å². The van der Waals surface area contributed by atoms with E-state index in [0.29, 0.717) is 30.1 Å². The zero-order valence-corrected chi connectivity index (χ0v) is 14.4. The molecule has 1 amide bonds. The predicted molar refractivity (Wildman–Crippen MR) is 91.1 cm³/mol. The van der Waals surface area contributed by atoms with Crippen LogP contribution in [0.25, 0.3) is 0 Å². The molecule has 1 aliphatic heterocycles. The second kappa shape index (κ2) is 6.51. The molecule has 0 spiro atoms. The van der Waals surface area contributed by atoms with Crippen LogP contribution in [0.4, 0.5) is 5.69 Å². The molecule has 2 aliphatic rings. The van der Waals surface area contributed by atoms with Gasteiger partial charge in [-0.05, 0) is 55.9 Å². The number of anilines is 1. The SMILES string of the molecule is CCCN(CC1CC1)C(=O)c1ccc(N2CCCS2(=O)=O)cc1. The Morgan fingerprint density at radius 2 is 1.96 bits per heavy atom. The molecule has 1 saturated heterocycles. The summed E-state index contributed by atoms with van der Waals surface area (Å²) in [5.74, 6) is 0.924. The van der Waals surface area contributed by atoms with E-state index in [1.165, 1.54) is 17.1 Å². The minimum Gasteiger partial charge on any atom is -0.338 e. The third-order valence-electron chi connectivity index (χ3n) is 4.46. The average Bonchev–Trinajstić information content (AvgIpc) is 3.28. The van der Waals surface area contributed by atoms with Crippen LogP contribution >= 0.6 is 0 Å². The molecular weight excluding hydrogens is 312 g/mol. The molecule has 1 aromatic rings. The van der Waals surface area contributed by atoms with E-state index in [2.05, 4.69) is 6.92 Å². The van der Waals surface area contributed by atoms with Gasteiger partial charge in [0.2, 0.25) is 10.0 Å². The molecule has 3 rings (SSSR count). The van der Waals surface area contributed by atoms with E-state index in [1.807, 2.05) is 4.90 Å². The van der Waals surface area contributed by atoms with Crippen LogP contribution in [-0.4, -0.2) is 44.6 Å². The third kappa shape index (κ3) is 3.68. The maximum Gasteiger partial charge on any atom is 0.253 e. The summed E-state index contributed by atoms with van der Waals surface area (Å²) >= 11 is 0. The highest BCUT2D eigenvalue weighted by Gasteiger charge is 2.29. The van der Waals surface area contributed by atoms with Gasteiger partial charge in [-0.15, -0.1) is 0 Å². The maximum absolute atomic E-state index is 12.7. The Morgan fingerprint density at radius 1 is 1.26 bits per heavy atom. The normalized spacial score (nSPS) is 19.8. The molecule has 0 unspecified atom stereocenters. The number of sulfonamides is 1. The second-order valence-electron chi connectivity index (χ2n) is 6.48. The van der Waals surface area contributed by atoms with Gasteiger partial charge >= 0.3 is 0 Å². The van der Waals surface area contributed by atoms with Crippen molar-refractivity contribution in [2.75, 3.05) is 29.7 Å². The fourth-order valence-corrected chi connectivity index (χ4v) is 4.60. The monoisotopic (exact) mass is 336 g/mol. The third-order valence-corrected chi connectivity index (χ3v) is 6.33. The van der Waals surface area contributed by atoms with Gasteiger partial charge in [-0.3, -0.25) is 9.10 Å². The van der Waals surface area contributed by atoms with Gasteiger partial charge in [0, 0.05) is 25.2 Å². The summed E-state index contributed by atoms with van der Waals surface area (Å²) in [5.41, 5.74) is 1.29. The van der Waals surface area contributed by atoms with Crippen molar-refractivity contribution in [3.05, 3.63) is 29.8 Å². The molecule has 1 saturated carbocycles. The largest absolute Gasteiger partial charge is 0.338 e. The summed E-state index contributed by atoms with van der Waals surface area (Å²) < 4.78 is 25.3. The van der Waals surface area contributed by atoms with Crippen LogP contribution in [0.3, 0.4) is 0 Å². The number of hydrogen-bond donors (Lipinski definition) is 0. The molecule has 0 radical (unpaired) electrons. The predicted octanol–water partition coefficient (Wildman–Crippen LogP) is 2.49. The molecule has 1 aliphatic carbocycles. The summed E-state index contributed by atoms with van der Waals surface area (Å²) in [6.07, 6.45) is 4.05. The average molecular weight is 336 g/mol. The van der Waals surface area contributed by atoms with Crippen LogP contribution in [0.1, 0.15) is 43.0 Å². The van der Waals surface area contributed by atoms with Crippen molar-refractivity contribution in [2.24, 2.45) is 5.92 Å². The molecule has 0 N–H and O–H groups in total. The van der Waals surface area contributed by atoms with Gasteiger partial charge in [0.1, 0.15) is 0 Å². The minimum atomic E-state index is -3.17. The fraction of sp³-hybridized carbons (Fsp3) is 0.588. The standard InChI is InChI=1S/C17H24N2O3S/c1-2-10-18(13-14-4-5-14)17(20)15-6-8-16(9-7-15)19-11-3-12-23(19,21)22/h6-9,14H,2-5,10-13H2,1H3. The van der Waals surface area contributed by atoms with Crippen molar-refractivity contribution in [2.45, 2.75) is 32.6 Å². The van der Waals surface area contributed by atoms with Crippen LogP contribution in [-0.2, 0) is 10.0 Å². The van der Waals surface area contributed by atoms with Gasteiger partial charge < -0.3 is 4.90 Å². The first-order chi connectivity index (χ1) is 11.0. The fourth-order valence-electron chi connectivity index (χ4n) is 3.04. The molecule has 0 atom stereocenters. The van der Waals surface area contributed by atoms with E-state index < -0.39 is 10.0 Å². The van der Waals surface area contributed by atoms with Crippen LogP contribution in [0.15, 0.2) is 24.3 Å². The summed E-state index contributed by atoms with van der Waals surface area (Å²) in [6, 6.07) is 7.00. The lowest BCUT2D eigenvalue weighted by Crippen LogP contribution is -2.33. The lowest BCUT2D eigenvalue weighted by Gasteiger charge is -2.23. The maximum atomic E-state index is 12.7. The zero-order chi connectivity index (χ0) is 16.4. The van der Waals surface area contributed by atoms with Gasteiger partial charge in [0.05, 0.1) is 11.4 Å². The minimum absolute atomic E-state index is 0.0505. The number of rotatable bonds is 6. The Morgan fingerprint density at radius 3 is 2.48 bits per heavy atom. The zero-order valence-electron chi connectivity index (χ0n) is 13.6. The molecule has 1 aromatic carbocycles. The Labute approximate surface area is 138 Å². The van der Waals surface area contributed by atoms with E-state index in [-0.39, 0.29) is 11.7 Å². The lowest BCUT2D eigenvalue weighted by atomic mass is 10.1. The van der Waals surface area contributed by atoms with E-state index in [4.69, 9.17) is 0 Å². The first-order valence-electron chi connectivity index (χ1n) is 8.41. The van der Waals surface area contributed by atoms with Crippen LogP contribution in [0, 0.1) is 5.92 Å². The first kappa shape index (κ1) is 16.3. The van der Waals surface area contributed by atoms with Crippen molar-refractivity contribution in [1.29, 1.82) is 0 Å². The Balaban J connectivity index is 1.74. The Kier molecular flexibility index (Phi) is 4.62. The molecule has 1 heterocycles. The molecular formula is C17H24N2O3S. The molecule has 0 bridgehead atoms. The second-order valence-corrected chi connectivity index (χ2v) is 8.50. The summed E-state index contributed by atoms with van der Waals surface area (Å²) in [5, 5.41) is 0. The van der Waals surface area contributed by atoms with Gasteiger partial charge in [-0.25, -0.2) is 8.42 Å². The van der Waals surface area contributed by atoms with E-state index in [1.54, 1.807) is 24.3 Å². The quantitative estimate of drug-likeness (QED) is 0.802. The van der Waals surface area contributed by atoms with E-state index >= 15 is 0 Å². The smallest absolute Gasteiger partial charge is 0.253 e. The number of amides is 1. The van der Waals surface area contributed by atoms with E-state index in [9.17, 15) is 13.2 Å². The topological polar surface area (TPSA) is 57.7 Å². The van der Waals surface area contributed by atoms with Crippen LogP contribution < -0.4 is 4.31 Å². The Hall–Kier alpha value is -1.56. The van der Waals surface area contributed by atoms with Crippen LogP contribution in [0.2, 0.25) is 0 Å². The van der Waals surface area contributed by atoms with Crippen LogP contribution in [0.5, 0.6) is 0 Å². The molecule has 6 heteroatoms. The van der Waals surface area contributed by atoms with Crippen molar-refractivity contribution < 1.29 is 13.2 Å². The summed E-state index contributed by atoms with van der Waals surface area (Å²) in [4.78, 5) is 14.6. The highest BCUT2D eigenvalue weighted by molar-refractivity contribution is 7.93. The number of benzene rings is 1. The molecule has 5 nitrogen and oxygen atoms in total. The van der Waals surface area contributed by atoms with Gasteiger partial charge in [0.25, 0.3) is 5.91 Å². The summed E-state index contributed by atoms with van der Waals surface area (Å²) in [7, 11) is -3.17. The number of carbonyl (C=O) groups excluding carboxylic acids is 1. The lowest BCUT2D eigenvalue weighted by molar-refractivity contribution is 0.0748. The Bertz CT molecular complexity index is 666. The highest BCUT2D eigenvalue weighted by Crippen LogP contribution is 2.30. The molecule has 126 valence electrons. The highest BCUT2D eigenvalue weighted by atomic mass is 32.2. The van der Waals surface area contributed by atoms with Gasteiger partial charge in [-0.1, -0.05) is 6.92 Å². The molecule has 2 fully saturated rings. The summed E-state index contributed by atoms with van der Waals surface area (Å²) in [6.45, 7) is 4.22.